The van der Waals surface area contributed by atoms with Crippen LogP contribution in [0.3, 0.4) is 0 Å². The van der Waals surface area contributed by atoms with Gasteiger partial charge < -0.3 is 25.3 Å². The number of fused-ring (bicyclic) bond motifs is 1. The van der Waals surface area contributed by atoms with E-state index >= 15 is 0 Å². The van der Waals surface area contributed by atoms with Crippen molar-refractivity contribution in [3.63, 3.8) is 0 Å². The molecule has 1 aliphatic carbocycles. The van der Waals surface area contributed by atoms with Gasteiger partial charge in [-0.3, -0.25) is 4.79 Å². The van der Waals surface area contributed by atoms with E-state index in [1.807, 2.05) is 55.5 Å². The van der Waals surface area contributed by atoms with Crippen molar-refractivity contribution in [3.8, 4) is 34.8 Å². The first-order chi connectivity index (χ1) is 24.8. The van der Waals surface area contributed by atoms with Crippen LogP contribution in [0.5, 0.6) is 23.0 Å². The van der Waals surface area contributed by atoms with Crippen LogP contribution < -0.4 is 25.3 Å². The van der Waals surface area contributed by atoms with Crippen LogP contribution in [0.15, 0.2) is 133 Å². The number of hydrogen-bond acceptors (Lipinski definition) is 8. The number of carbonyl (C=O) groups is 1. The van der Waals surface area contributed by atoms with Gasteiger partial charge in [-0.25, -0.2) is 4.68 Å². The SMILES string of the molecule is COc1cccc(CC2(Cc3cccc(OC)c3)C=CC=C3NC(C(=O)c4cnn(-c5ccc(Oc6cccc(C#N)c6)cc5C)c4N)C=C32)c1. The molecular weight excluding hydrogens is 638 g/mol. The van der Waals surface area contributed by atoms with Gasteiger partial charge in [-0.05, 0) is 115 Å². The number of ether oxygens (including phenoxy) is 3. The number of nitrogens with one attached hydrogen (secondary N) is 1. The lowest BCUT2D eigenvalue weighted by Crippen LogP contribution is -2.32. The number of nitrogen functional groups attached to an aromatic ring is 1. The van der Waals surface area contributed by atoms with E-state index in [0.29, 0.717) is 35.5 Å². The Morgan fingerprint density at radius 1 is 0.922 bits per heavy atom. The molecule has 1 aliphatic heterocycles. The number of nitrogens with zero attached hydrogens (tertiary/aromatic N) is 3. The van der Waals surface area contributed by atoms with E-state index < -0.39 is 11.5 Å². The molecular formula is C42H37N5O4. The number of aryl methyl sites for hydroxylation is 1. The maximum atomic E-state index is 14.2. The number of rotatable bonds is 11. The van der Waals surface area contributed by atoms with Gasteiger partial charge in [0.1, 0.15) is 34.9 Å². The van der Waals surface area contributed by atoms with Crippen molar-refractivity contribution >= 4 is 11.6 Å². The molecule has 254 valence electrons. The lowest BCUT2D eigenvalue weighted by molar-refractivity contribution is 0.0971. The van der Waals surface area contributed by atoms with Gasteiger partial charge in [0.25, 0.3) is 0 Å². The zero-order valence-electron chi connectivity index (χ0n) is 28.6. The summed E-state index contributed by atoms with van der Waals surface area (Å²) in [6.45, 7) is 1.92. The lowest BCUT2D eigenvalue weighted by Gasteiger charge is -2.35. The second-order valence-electron chi connectivity index (χ2n) is 12.8. The minimum absolute atomic E-state index is 0.173. The molecule has 0 fully saturated rings. The molecule has 9 heteroatoms. The van der Waals surface area contributed by atoms with Gasteiger partial charge in [0.15, 0.2) is 5.78 Å². The average Bonchev–Trinajstić information content (AvgIpc) is 3.76. The van der Waals surface area contributed by atoms with E-state index in [1.165, 1.54) is 6.20 Å². The number of anilines is 1. The molecule has 9 nitrogen and oxygen atoms in total. The summed E-state index contributed by atoms with van der Waals surface area (Å²) in [6, 6.07) is 30.2. The Labute approximate surface area is 296 Å². The molecule has 2 heterocycles. The summed E-state index contributed by atoms with van der Waals surface area (Å²) in [4.78, 5) is 14.2. The number of allylic oxidation sites excluding steroid dienone is 4. The van der Waals surface area contributed by atoms with E-state index in [4.69, 9.17) is 19.9 Å². The summed E-state index contributed by atoms with van der Waals surface area (Å²) < 4.78 is 18.7. The Kier molecular flexibility index (Phi) is 8.90. The molecule has 7 rings (SSSR count). The van der Waals surface area contributed by atoms with E-state index in [2.05, 4.69) is 52.9 Å². The highest BCUT2D eigenvalue weighted by molar-refractivity contribution is 6.05. The minimum atomic E-state index is -0.637. The first-order valence-corrected chi connectivity index (χ1v) is 16.6. The topological polar surface area (TPSA) is 124 Å². The number of benzene rings is 4. The summed E-state index contributed by atoms with van der Waals surface area (Å²) in [5.41, 5.74) is 12.8. The van der Waals surface area contributed by atoms with E-state index in [9.17, 15) is 10.1 Å². The highest BCUT2D eigenvalue weighted by Crippen LogP contribution is 2.45. The number of nitrogens with two attached hydrogens (primary N) is 1. The molecule has 5 aromatic rings. The fourth-order valence-electron chi connectivity index (χ4n) is 6.94. The van der Waals surface area contributed by atoms with Crippen molar-refractivity contribution in [2.45, 2.75) is 25.8 Å². The van der Waals surface area contributed by atoms with Crippen molar-refractivity contribution in [3.05, 3.63) is 161 Å². The van der Waals surface area contributed by atoms with Crippen LogP contribution in [0.25, 0.3) is 5.69 Å². The molecule has 0 spiro atoms. The summed E-state index contributed by atoms with van der Waals surface area (Å²) in [6.07, 6.45) is 11.3. The predicted molar refractivity (Wildman–Crippen MR) is 196 cm³/mol. The molecule has 1 aromatic heterocycles. The number of methoxy groups -OCH3 is 2. The highest BCUT2D eigenvalue weighted by Gasteiger charge is 2.41. The van der Waals surface area contributed by atoms with E-state index in [1.54, 1.807) is 49.2 Å². The van der Waals surface area contributed by atoms with Crippen molar-refractivity contribution in [1.29, 1.82) is 5.26 Å². The van der Waals surface area contributed by atoms with Crippen molar-refractivity contribution in [2.75, 3.05) is 20.0 Å². The fourth-order valence-corrected chi connectivity index (χ4v) is 6.94. The Morgan fingerprint density at radius 2 is 1.59 bits per heavy atom. The molecule has 0 saturated heterocycles. The van der Waals surface area contributed by atoms with Crippen molar-refractivity contribution in [2.24, 2.45) is 5.41 Å². The summed E-state index contributed by atoms with van der Waals surface area (Å²) in [5, 5.41) is 17.2. The third-order valence-electron chi connectivity index (χ3n) is 9.41. The molecule has 51 heavy (non-hydrogen) atoms. The van der Waals surface area contributed by atoms with Crippen LogP contribution in [0, 0.1) is 23.7 Å². The van der Waals surface area contributed by atoms with E-state index in [-0.39, 0.29) is 11.6 Å². The molecule has 0 amide bonds. The average molecular weight is 676 g/mol. The molecule has 0 radical (unpaired) electrons. The van der Waals surface area contributed by atoms with Crippen LogP contribution in [-0.4, -0.2) is 35.8 Å². The van der Waals surface area contributed by atoms with Gasteiger partial charge in [0.2, 0.25) is 0 Å². The number of hydrogen-bond donors (Lipinski definition) is 2. The van der Waals surface area contributed by atoms with Gasteiger partial charge in [0, 0.05) is 11.1 Å². The number of aromatic nitrogens is 2. The van der Waals surface area contributed by atoms with Crippen LogP contribution in [0.1, 0.15) is 32.6 Å². The van der Waals surface area contributed by atoms with Crippen LogP contribution in [0.4, 0.5) is 5.82 Å². The standard InChI is InChI=1S/C42H37N5O4/c1-27-18-34(51-33-13-6-10-30(21-33)25-43)15-16-39(27)47-41(44)35(26-45-47)40(48)38-22-36-37(46-38)14-7-17-42(36,23-28-8-4-11-31(19-28)49-2)24-29-9-5-12-32(20-29)50-3/h4-22,26,38,46H,23-24,44H2,1-3H3. The number of nitriles is 1. The molecule has 0 saturated carbocycles. The zero-order chi connectivity index (χ0) is 35.5. The van der Waals surface area contributed by atoms with Gasteiger partial charge >= 0.3 is 0 Å². The third-order valence-corrected chi connectivity index (χ3v) is 9.41. The maximum Gasteiger partial charge on any atom is 0.194 e. The normalized spacial score (nSPS) is 15.5. The van der Waals surface area contributed by atoms with Gasteiger partial charge in [0.05, 0.1) is 43.3 Å². The van der Waals surface area contributed by atoms with Gasteiger partial charge in [-0.15, -0.1) is 0 Å². The zero-order valence-corrected chi connectivity index (χ0v) is 28.6. The molecule has 0 bridgehead atoms. The Bertz CT molecular complexity index is 2230. The Morgan fingerprint density at radius 3 is 2.25 bits per heavy atom. The van der Waals surface area contributed by atoms with Crippen molar-refractivity contribution < 1.29 is 19.0 Å². The summed E-state index contributed by atoms with van der Waals surface area (Å²) >= 11 is 0. The second-order valence-corrected chi connectivity index (χ2v) is 12.8. The second kappa shape index (κ2) is 13.8. The predicted octanol–water partition coefficient (Wildman–Crippen LogP) is 7.45. The first kappa shape index (κ1) is 33.0. The number of ketones is 1. The first-order valence-electron chi connectivity index (χ1n) is 16.6. The quantitative estimate of drug-likeness (QED) is 0.138. The minimum Gasteiger partial charge on any atom is -0.497 e. The smallest absolute Gasteiger partial charge is 0.194 e. The fraction of sp³-hybridized carbons (Fsp3) is 0.167. The summed E-state index contributed by atoms with van der Waals surface area (Å²) in [7, 11) is 3.34. The number of carbonyl (C=O) groups excluding carboxylic acids is 1. The monoisotopic (exact) mass is 675 g/mol. The molecule has 1 atom stereocenters. The van der Waals surface area contributed by atoms with Crippen LogP contribution in [0.2, 0.25) is 0 Å². The number of Topliss-reactive ketones (excluding diaryl/α,β-unsaturated/α-hetero) is 1. The Hall–Kier alpha value is -6.53. The highest BCUT2D eigenvalue weighted by atomic mass is 16.5. The van der Waals surface area contributed by atoms with Crippen LogP contribution in [-0.2, 0) is 12.8 Å². The molecule has 1 unspecified atom stereocenters. The van der Waals surface area contributed by atoms with Crippen LogP contribution >= 0.6 is 0 Å². The summed E-state index contributed by atoms with van der Waals surface area (Å²) in [5.74, 6) is 2.83. The lowest BCUT2D eigenvalue weighted by atomic mass is 9.68. The van der Waals surface area contributed by atoms with Gasteiger partial charge in [-0.1, -0.05) is 42.5 Å². The van der Waals surface area contributed by atoms with Crippen molar-refractivity contribution in [1.82, 2.24) is 15.1 Å². The molecule has 3 N–H and O–H groups in total. The largest absolute Gasteiger partial charge is 0.497 e. The van der Waals surface area contributed by atoms with Gasteiger partial charge in [-0.2, -0.15) is 10.4 Å². The third kappa shape index (κ3) is 6.59. The van der Waals surface area contributed by atoms with E-state index in [0.717, 1.165) is 45.1 Å². The molecule has 4 aromatic carbocycles. The maximum absolute atomic E-state index is 14.2. The molecule has 2 aliphatic rings. The Balaban J connectivity index is 1.18.